The zero-order valence-electron chi connectivity index (χ0n) is 10.6. The van der Waals surface area contributed by atoms with Crippen molar-refractivity contribution in [1.29, 1.82) is 0 Å². The van der Waals surface area contributed by atoms with E-state index >= 15 is 0 Å². The van der Waals surface area contributed by atoms with Crippen LogP contribution in [0.1, 0.15) is 33.1 Å². The minimum atomic E-state index is -0.0951. The second-order valence-electron chi connectivity index (χ2n) is 4.49. The topological polar surface area (TPSA) is 38.8 Å². The fourth-order valence-corrected chi connectivity index (χ4v) is 2.08. The number of methoxy groups -OCH3 is 1. The van der Waals surface area contributed by atoms with Crippen molar-refractivity contribution in [3.05, 3.63) is 0 Å². The summed E-state index contributed by atoms with van der Waals surface area (Å²) >= 11 is 0. The van der Waals surface area contributed by atoms with Crippen LogP contribution in [0.15, 0.2) is 0 Å². The van der Waals surface area contributed by atoms with Crippen LogP contribution < -0.4 is 0 Å². The molecule has 4 heteroatoms. The molecule has 0 bridgehead atoms. The predicted molar refractivity (Wildman–Crippen MR) is 62.3 cm³/mol. The number of likely N-dealkylation sites (tertiary alicyclic amines) is 1. The summed E-state index contributed by atoms with van der Waals surface area (Å²) in [5.74, 6) is -0.0951. The maximum Gasteiger partial charge on any atom is 0.323 e. The van der Waals surface area contributed by atoms with Crippen molar-refractivity contribution in [2.24, 2.45) is 0 Å². The van der Waals surface area contributed by atoms with Crippen LogP contribution in [0.5, 0.6) is 0 Å². The Morgan fingerprint density at radius 3 is 2.88 bits per heavy atom. The molecule has 1 fully saturated rings. The van der Waals surface area contributed by atoms with E-state index in [1.807, 2.05) is 13.8 Å². The van der Waals surface area contributed by atoms with Gasteiger partial charge in [0.15, 0.2) is 0 Å². The van der Waals surface area contributed by atoms with E-state index in [9.17, 15) is 4.79 Å². The van der Waals surface area contributed by atoms with E-state index in [1.54, 1.807) is 0 Å². The van der Waals surface area contributed by atoms with Crippen molar-refractivity contribution in [1.82, 2.24) is 4.90 Å². The number of rotatable bonds is 6. The van der Waals surface area contributed by atoms with E-state index in [4.69, 9.17) is 9.47 Å². The summed E-state index contributed by atoms with van der Waals surface area (Å²) in [6, 6.07) is -0.0240. The largest absolute Gasteiger partial charge is 0.468 e. The van der Waals surface area contributed by atoms with E-state index < -0.39 is 0 Å². The van der Waals surface area contributed by atoms with Gasteiger partial charge in [0, 0.05) is 13.2 Å². The molecule has 1 aliphatic heterocycles. The van der Waals surface area contributed by atoms with E-state index in [1.165, 1.54) is 7.11 Å². The molecule has 1 atom stereocenters. The molecule has 0 amide bonds. The molecule has 0 aromatic carbocycles. The highest BCUT2D eigenvalue weighted by Crippen LogP contribution is 2.18. The van der Waals surface area contributed by atoms with Crippen LogP contribution in [0.3, 0.4) is 0 Å². The van der Waals surface area contributed by atoms with Crippen LogP contribution in [0.4, 0.5) is 0 Å². The maximum absolute atomic E-state index is 11.5. The van der Waals surface area contributed by atoms with Crippen molar-refractivity contribution >= 4 is 5.97 Å². The summed E-state index contributed by atoms with van der Waals surface area (Å²) in [5.41, 5.74) is 0. The van der Waals surface area contributed by atoms with Crippen LogP contribution in [0.25, 0.3) is 0 Å². The second kappa shape index (κ2) is 6.86. The van der Waals surface area contributed by atoms with E-state index in [2.05, 4.69) is 4.90 Å². The van der Waals surface area contributed by atoms with Crippen molar-refractivity contribution < 1.29 is 14.3 Å². The first-order chi connectivity index (χ1) is 7.65. The number of hydrogen-bond donors (Lipinski definition) is 0. The normalized spacial score (nSPS) is 21.6. The van der Waals surface area contributed by atoms with Crippen LogP contribution >= 0.6 is 0 Å². The second-order valence-corrected chi connectivity index (χ2v) is 4.49. The SMILES string of the molecule is COC(=O)C1CCCN1CCCOC(C)C. The van der Waals surface area contributed by atoms with Crippen molar-refractivity contribution in [2.75, 3.05) is 26.8 Å². The van der Waals surface area contributed by atoms with Crippen LogP contribution in [-0.2, 0) is 14.3 Å². The minimum Gasteiger partial charge on any atom is -0.468 e. The third-order valence-electron chi connectivity index (χ3n) is 2.88. The summed E-state index contributed by atoms with van der Waals surface area (Å²) in [6.45, 7) is 6.76. The number of esters is 1. The van der Waals surface area contributed by atoms with Gasteiger partial charge in [0.25, 0.3) is 0 Å². The summed E-state index contributed by atoms with van der Waals surface area (Å²) in [5, 5.41) is 0. The predicted octanol–water partition coefficient (Wildman–Crippen LogP) is 1.44. The average molecular weight is 229 g/mol. The number of nitrogens with zero attached hydrogens (tertiary/aromatic N) is 1. The van der Waals surface area contributed by atoms with Gasteiger partial charge in [-0.15, -0.1) is 0 Å². The van der Waals surface area contributed by atoms with E-state index in [0.29, 0.717) is 0 Å². The molecule has 0 aromatic rings. The molecule has 0 aliphatic carbocycles. The molecule has 0 saturated carbocycles. The molecule has 0 spiro atoms. The lowest BCUT2D eigenvalue weighted by atomic mass is 10.2. The smallest absolute Gasteiger partial charge is 0.323 e. The number of carbonyl (C=O) groups excluding carboxylic acids is 1. The number of ether oxygens (including phenoxy) is 2. The first kappa shape index (κ1) is 13.5. The Morgan fingerprint density at radius 1 is 1.50 bits per heavy atom. The van der Waals surface area contributed by atoms with Gasteiger partial charge >= 0.3 is 5.97 Å². The third kappa shape index (κ3) is 4.10. The first-order valence-electron chi connectivity index (χ1n) is 6.08. The van der Waals surface area contributed by atoms with Gasteiger partial charge in [-0.25, -0.2) is 0 Å². The molecule has 4 nitrogen and oxygen atoms in total. The van der Waals surface area contributed by atoms with Crippen LogP contribution in [-0.4, -0.2) is 49.8 Å². The van der Waals surface area contributed by atoms with Crippen LogP contribution in [0.2, 0.25) is 0 Å². The highest BCUT2D eigenvalue weighted by molar-refractivity contribution is 5.75. The van der Waals surface area contributed by atoms with Gasteiger partial charge < -0.3 is 9.47 Å². The highest BCUT2D eigenvalue weighted by Gasteiger charge is 2.30. The average Bonchev–Trinajstić information content (AvgIpc) is 2.71. The molecule has 1 aliphatic rings. The van der Waals surface area contributed by atoms with Gasteiger partial charge in [0.1, 0.15) is 6.04 Å². The quantitative estimate of drug-likeness (QED) is 0.510. The highest BCUT2D eigenvalue weighted by atomic mass is 16.5. The maximum atomic E-state index is 11.5. The molecule has 0 radical (unpaired) electrons. The minimum absolute atomic E-state index is 0.0240. The fourth-order valence-electron chi connectivity index (χ4n) is 2.08. The Labute approximate surface area is 97.9 Å². The molecule has 16 heavy (non-hydrogen) atoms. The van der Waals surface area contributed by atoms with E-state index in [-0.39, 0.29) is 18.1 Å². The van der Waals surface area contributed by atoms with Gasteiger partial charge in [0.05, 0.1) is 13.2 Å². The van der Waals surface area contributed by atoms with Gasteiger partial charge in [-0.05, 0) is 39.7 Å². The summed E-state index contributed by atoms with van der Waals surface area (Å²) in [7, 11) is 1.46. The van der Waals surface area contributed by atoms with Gasteiger partial charge in [-0.3, -0.25) is 9.69 Å². The Bertz CT molecular complexity index is 218. The lowest BCUT2D eigenvalue weighted by Gasteiger charge is -2.22. The molecule has 1 heterocycles. The molecule has 1 rings (SSSR count). The molecule has 0 N–H and O–H groups in total. The zero-order chi connectivity index (χ0) is 12.0. The molecule has 0 aromatic heterocycles. The zero-order valence-corrected chi connectivity index (χ0v) is 10.6. The lowest BCUT2D eigenvalue weighted by molar-refractivity contribution is -0.145. The molecule has 1 saturated heterocycles. The summed E-state index contributed by atoms with van der Waals surface area (Å²) < 4.78 is 10.3. The Morgan fingerprint density at radius 2 is 2.25 bits per heavy atom. The third-order valence-corrected chi connectivity index (χ3v) is 2.88. The summed E-state index contributed by atoms with van der Waals surface area (Å²) in [4.78, 5) is 13.7. The van der Waals surface area contributed by atoms with E-state index in [0.717, 1.165) is 39.0 Å². The number of carbonyl (C=O) groups is 1. The van der Waals surface area contributed by atoms with Gasteiger partial charge in [0.2, 0.25) is 0 Å². The number of hydrogen-bond acceptors (Lipinski definition) is 4. The monoisotopic (exact) mass is 229 g/mol. The van der Waals surface area contributed by atoms with Crippen molar-refractivity contribution in [3.63, 3.8) is 0 Å². The molecular formula is C12H23NO3. The standard InChI is InChI=1S/C12H23NO3/c1-10(2)16-9-5-8-13-7-4-6-11(13)12(14)15-3/h10-11H,4-9H2,1-3H3. The lowest BCUT2D eigenvalue weighted by Crippen LogP contribution is -2.37. The van der Waals surface area contributed by atoms with Gasteiger partial charge in [-0.1, -0.05) is 0 Å². The molecular weight excluding hydrogens is 206 g/mol. The van der Waals surface area contributed by atoms with Crippen molar-refractivity contribution in [3.8, 4) is 0 Å². The Balaban J connectivity index is 2.22. The Hall–Kier alpha value is -0.610. The first-order valence-corrected chi connectivity index (χ1v) is 6.08. The fraction of sp³-hybridized carbons (Fsp3) is 0.917. The van der Waals surface area contributed by atoms with Crippen LogP contribution in [0, 0.1) is 0 Å². The molecule has 1 unspecified atom stereocenters. The Kier molecular flexibility index (Phi) is 5.77. The van der Waals surface area contributed by atoms with Crippen molar-refractivity contribution in [2.45, 2.75) is 45.3 Å². The van der Waals surface area contributed by atoms with Gasteiger partial charge in [-0.2, -0.15) is 0 Å². The molecule has 94 valence electrons. The summed E-state index contributed by atoms with van der Waals surface area (Å²) in [6.07, 6.45) is 3.28.